The molecular weight excluding hydrogens is 230 g/mol. The van der Waals surface area contributed by atoms with Gasteiger partial charge < -0.3 is 14.4 Å². The van der Waals surface area contributed by atoms with E-state index in [1.54, 1.807) is 25.3 Å². The van der Waals surface area contributed by atoms with E-state index in [4.69, 9.17) is 9.47 Å². The van der Waals surface area contributed by atoms with Gasteiger partial charge in [-0.25, -0.2) is 0 Å². The lowest BCUT2D eigenvalue weighted by molar-refractivity contribution is 0.112. The minimum atomic E-state index is 0.590. The summed E-state index contributed by atoms with van der Waals surface area (Å²) < 4.78 is 10.8. The lowest BCUT2D eigenvalue weighted by Crippen LogP contribution is -2.13. The summed E-state index contributed by atoms with van der Waals surface area (Å²) in [4.78, 5) is 12.8. The van der Waals surface area contributed by atoms with Crippen molar-refractivity contribution in [1.29, 1.82) is 0 Å². The number of benzene rings is 1. The number of hydrogen-bond donors (Lipinski definition) is 0. The van der Waals surface area contributed by atoms with Gasteiger partial charge in [0, 0.05) is 5.56 Å². The summed E-state index contributed by atoms with van der Waals surface area (Å²) in [6, 6.07) is 5.18. The molecule has 0 saturated heterocycles. The molecule has 0 radical (unpaired) electrons. The van der Waals surface area contributed by atoms with Crippen LogP contribution in [-0.4, -0.2) is 45.5 Å². The van der Waals surface area contributed by atoms with Crippen LogP contribution in [-0.2, 0) is 0 Å². The van der Waals surface area contributed by atoms with Crippen LogP contribution >= 0.6 is 0 Å². The molecule has 1 rings (SSSR count). The van der Waals surface area contributed by atoms with Gasteiger partial charge in [-0.15, -0.1) is 0 Å². The van der Waals surface area contributed by atoms with Crippen LogP contribution in [0.1, 0.15) is 23.2 Å². The summed E-state index contributed by atoms with van der Waals surface area (Å²) in [5, 5.41) is 0. The lowest BCUT2D eigenvalue weighted by Gasteiger charge is -2.12. The Morgan fingerprint density at radius 3 is 2.61 bits per heavy atom. The topological polar surface area (TPSA) is 38.8 Å². The molecule has 4 heteroatoms. The van der Waals surface area contributed by atoms with Crippen LogP contribution in [0.3, 0.4) is 0 Å². The summed E-state index contributed by atoms with van der Waals surface area (Å²) >= 11 is 0. The van der Waals surface area contributed by atoms with Gasteiger partial charge in [0.15, 0.2) is 11.5 Å². The fourth-order valence-electron chi connectivity index (χ4n) is 1.59. The highest BCUT2D eigenvalue weighted by Crippen LogP contribution is 2.27. The first-order valence-electron chi connectivity index (χ1n) is 6.08. The highest BCUT2D eigenvalue weighted by molar-refractivity contribution is 5.76. The first kappa shape index (κ1) is 14.5. The van der Waals surface area contributed by atoms with Crippen molar-refractivity contribution in [1.82, 2.24) is 4.90 Å². The second-order valence-corrected chi connectivity index (χ2v) is 4.39. The van der Waals surface area contributed by atoms with Gasteiger partial charge in [-0.3, -0.25) is 4.79 Å². The molecule has 0 spiro atoms. The molecule has 1 aromatic carbocycles. The van der Waals surface area contributed by atoms with Crippen LogP contribution < -0.4 is 9.47 Å². The van der Waals surface area contributed by atoms with Crippen LogP contribution in [0.5, 0.6) is 11.5 Å². The second-order valence-electron chi connectivity index (χ2n) is 4.39. The number of carbonyl (C=O) groups is 1. The molecule has 0 fully saturated rings. The third-order valence-corrected chi connectivity index (χ3v) is 2.58. The normalized spacial score (nSPS) is 10.4. The highest BCUT2D eigenvalue weighted by atomic mass is 16.5. The molecular formula is C14H21NO3. The predicted molar refractivity (Wildman–Crippen MR) is 71.7 cm³/mol. The maximum Gasteiger partial charge on any atom is 0.161 e. The van der Waals surface area contributed by atoms with E-state index in [9.17, 15) is 4.79 Å². The second kappa shape index (κ2) is 7.71. The largest absolute Gasteiger partial charge is 0.493 e. The summed E-state index contributed by atoms with van der Waals surface area (Å²) in [6.07, 6.45) is 2.89. The molecule has 0 heterocycles. The molecule has 0 aromatic heterocycles. The summed E-state index contributed by atoms with van der Waals surface area (Å²) in [7, 11) is 5.69. The molecule has 0 amide bonds. The van der Waals surface area contributed by atoms with Gasteiger partial charge in [0.05, 0.1) is 13.7 Å². The molecule has 100 valence electrons. The third-order valence-electron chi connectivity index (χ3n) is 2.58. The van der Waals surface area contributed by atoms with E-state index >= 15 is 0 Å². The molecule has 0 aliphatic carbocycles. The SMILES string of the molecule is COc1cc(C=O)ccc1OCCCCN(C)C. The van der Waals surface area contributed by atoms with Gasteiger partial charge in [0.25, 0.3) is 0 Å². The van der Waals surface area contributed by atoms with Gasteiger partial charge in [0.1, 0.15) is 6.29 Å². The number of hydrogen-bond acceptors (Lipinski definition) is 4. The van der Waals surface area contributed by atoms with Crippen molar-refractivity contribution in [3.63, 3.8) is 0 Å². The molecule has 0 atom stereocenters. The zero-order valence-electron chi connectivity index (χ0n) is 11.3. The Morgan fingerprint density at radius 2 is 2.00 bits per heavy atom. The minimum absolute atomic E-state index is 0.590. The van der Waals surface area contributed by atoms with E-state index in [2.05, 4.69) is 19.0 Å². The number of unbranched alkanes of at least 4 members (excludes halogenated alkanes) is 1. The number of aldehydes is 1. The van der Waals surface area contributed by atoms with Gasteiger partial charge in [-0.1, -0.05) is 0 Å². The van der Waals surface area contributed by atoms with Crippen molar-refractivity contribution < 1.29 is 14.3 Å². The Morgan fingerprint density at radius 1 is 1.22 bits per heavy atom. The van der Waals surface area contributed by atoms with Gasteiger partial charge in [-0.05, 0) is 51.7 Å². The zero-order valence-corrected chi connectivity index (χ0v) is 11.3. The molecule has 0 aliphatic rings. The zero-order chi connectivity index (χ0) is 13.4. The van der Waals surface area contributed by atoms with E-state index in [0.29, 0.717) is 23.7 Å². The number of ether oxygens (including phenoxy) is 2. The first-order valence-corrected chi connectivity index (χ1v) is 6.08. The Balaban J connectivity index is 2.44. The summed E-state index contributed by atoms with van der Waals surface area (Å²) in [6.45, 7) is 1.72. The Bertz CT molecular complexity index is 377. The number of rotatable bonds is 8. The fraction of sp³-hybridized carbons (Fsp3) is 0.500. The van der Waals surface area contributed by atoms with Gasteiger partial charge in [0.2, 0.25) is 0 Å². The van der Waals surface area contributed by atoms with Crippen LogP contribution in [0.2, 0.25) is 0 Å². The smallest absolute Gasteiger partial charge is 0.161 e. The predicted octanol–water partition coefficient (Wildman–Crippen LogP) is 2.23. The van der Waals surface area contributed by atoms with Crippen molar-refractivity contribution in [2.24, 2.45) is 0 Å². The third kappa shape index (κ3) is 4.75. The first-order chi connectivity index (χ1) is 8.67. The molecule has 0 saturated carbocycles. The average molecular weight is 251 g/mol. The van der Waals surface area contributed by atoms with Crippen molar-refractivity contribution in [2.75, 3.05) is 34.4 Å². The van der Waals surface area contributed by atoms with E-state index in [0.717, 1.165) is 25.7 Å². The fourth-order valence-corrected chi connectivity index (χ4v) is 1.59. The van der Waals surface area contributed by atoms with Crippen molar-refractivity contribution in [3.8, 4) is 11.5 Å². The van der Waals surface area contributed by atoms with Crippen molar-refractivity contribution >= 4 is 6.29 Å². The maximum atomic E-state index is 10.6. The van der Waals surface area contributed by atoms with Crippen molar-refractivity contribution in [2.45, 2.75) is 12.8 Å². The van der Waals surface area contributed by atoms with Crippen LogP contribution in [0.4, 0.5) is 0 Å². The molecule has 0 unspecified atom stereocenters. The van der Waals surface area contributed by atoms with Crippen LogP contribution in [0.25, 0.3) is 0 Å². The Kier molecular flexibility index (Phi) is 6.22. The Hall–Kier alpha value is -1.55. The molecule has 0 aliphatic heterocycles. The monoisotopic (exact) mass is 251 g/mol. The van der Waals surface area contributed by atoms with Crippen LogP contribution in [0, 0.1) is 0 Å². The minimum Gasteiger partial charge on any atom is -0.493 e. The summed E-state index contributed by atoms with van der Waals surface area (Å²) in [5.74, 6) is 1.29. The van der Waals surface area contributed by atoms with E-state index in [1.807, 2.05) is 0 Å². The molecule has 18 heavy (non-hydrogen) atoms. The molecule has 1 aromatic rings. The Labute approximate surface area is 108 Å². The molecule has 0 bridgehead atoms. The standard InChI is InChI=1S/C14H21NO3/c1-15(2)8-4-5-9-18-13-7-6-12(11-16)10-14(13)17-3/h6-7,10-11H,4-5,8-9H2,1-3H3. The van der Waals surface area contributed by atoms with E-state index in [1.165, 1.54) is 0 Å². The van der Waals surface area contributed by atoms with Crippen molar-refractivity contribution in [3.05, 3.63) is 23.8 Å². The highest BCUT2D eigenvalue weighted by Gasteiger charge is 2.05. The number of methoxy groups -OCH3 is 1. The van der Waals surface area contributed by atoms with Gasteiger partial charge in [-0.2, -0.15) is 0 Å². The van der Waals surface area contributed by atoms with E-state index < -0.39 is 0 Å². The van der Waals surface area contributed by atoms with Gasteiger partial charge >= 0.3 is 0 Å². The number of carbonyl (C=O) groups excluding carboxylic acids is 1. The quantitative estimate of drug-likeness (QED) is 0.524. The lowest BCUT2D eigenvalue weighted by atomic mass is 10.2. The van der Waals surface area contributed by atoms with Crippen LogP contribution in [0.15, 0.2) is 18.2 Å². The molecule has 4 nitrogen and oxygen atoms in total. The molecule has 0 N–H and O–H groups in total. The number of nitrogens with zero attached hydrogens (tertiary/aromatic N) is 1. The maximum absolute atomic E-state index is 10.6. The average Bonchev–Trinajstić information content (AvgIpc) is 2.38. The van der Waals surface area contributed by atoms with E-state index in [-0.39, 0.29) is 0 Å². The summed E-state index contributed by atoms with van der Waals surface area (Å²) in [5.41, 5.74) is 0.590.